The van der Waals surface area contributed by atoms with Crippen molar-refractivity contribution in [1.82, 2.24) is 29.1 Å². The lowest BCUT2D eigenvalue weighted by Gasteiger charge is -2.15. The Labute approximate surface area is 197 Å². The van der Waals surface area contributed by atoms with E-state index < -0.39 is 5.56 Å². The smallest absolute Gasteiger partial charge is 0.277 e. The van der Waals surface area contributed by atoms with Crippen molar-refractivity contribution in [2.45, 2.75) is 51.0 Å². The molecule has 0 aliphatic carbocycles. The van der Waals surface area contributed by atoms with Crippen LogP contribution in [0.1, 0.15) is 25.7 Å². The molecule has 0 radical (unpaired) electrons. The summed E-state index contributed by atoms with van der Waals surface area (Å²) in [5.41, 5.74) is 11.7. The topological polar surface area (TPSA) is 175 Å². The van der Waals surface area contributed by atoms with Gasteiger partial charge in [-0.15, -0.1) is 0 Å². The number of H-pyrrole nitrogens is 3. The molecular weight excluding hydrogens is 468 g/mol. The summed E-state index contributed by atoms with van der Waals surface area (Å²) in [6.45, 7) is 2.73. The van der Waals surface area contributed by atoms with Crippen LogP contribution >= 0.6 is 24.4 Å². The van der Waals surface area contributed by atoms with Gasteiger partial charge in [-0.3, -0.25) is 24.1 Å². The maximum atomic E-state index is 11.6. The molecule has 33 heavy (non-hydrogen) atoms. The Bertz CT molecular complexity index is 1360. The number of nitrogens with one attached hydrogen (secondary N) is 3. The van der Waals surface area contributed by atoms with Crippen LogP contribution in [-0.2, 0) is 22.6 Å². The van der Waals surface area contributed by atoms with Gasteiger partial charge in [0.15, 0.2) is 15.2 Å². The number of fused-ring (bicyclic) bond motifs is 1. The van der Waals surface area contributed by atoms with Crippen molar-refractivity contribution >= 4 is 47.1 Å². The minimum absolute atomic E-state index is 0.00611. The van der Waals surface area contributed by atoms with E-state index in [1.54, 1.807) is 4.57 Å². The molecule has 178 valence electrons. The summed E-state index contributed by atoms with van der Waals surface area (Å²) >= 11 is 10.2. The fourth-order valence-corrected chi connectivity index (χ4v) is 4.44. The van der Waals surface area contributed by atoms with Crippen molar-refractivity contribution in [2.24, 2.45) is 0 Å². The Morgan fingerprint density at radius 3 is 2.15 bits per heavy atom. The molecule has 2 fully saturated rings. The monoisotopic (exact) mass is 494 g/mol. The Morgan fingerprint density at radius 1 is 0.970 bits per heavy atom. The zero-order valence-corrected chi connectivity index (χ0v) is 19.5. The van der Waals surface area contributed by atoms with Gasteiger partial charge in [0.25, 0.3) is 11.1 Å². The summed E-state index contributed by atoms with van der Waals surface area (Å²) in [5, 5.41) is 0. The molecule has 5 rings (SSSR count). The van der Waals surface area contributed by atoms with Gasteiger partial charge in [0.2, 0.25) is 0 Å². The van der Waals surface area contributed by atoms with E-state index in [0.717, 1.165) is 38.9 Å². The minimum Gasteiger partial charge on any atom is -0.391 e. The highest BCUT2D eigenvalue weighted by Crippen LogP contribution is 2.18. The van der Waals surface area contributed by atoms with Crippen LogP contribution in [0.15, 0.2) is 15.9 Å². The van der Waals surface area contributed by atoms with Crippen LogP contribution in [0.25, 0.3) is 11.2 Å². The molecule has 0 bridgehead atoms. The number of nitrogens with zero attached hydrogens (tertiary/aromatic N) is 3. The normalized spacial score (nSPS) is 20.1. The molecule has 14 heteroatoms. The van der Waals surface area contributed by atoms with Crippen LogP contribution in [0, 0.1) is 9.54 Å². The van der Waals surface area contributed by atoms with Gasteiger partial charge >= 0.3 is 0 Å². The fraction of sp³-hybridized carbons (Fsp3) is 0.526. The van der Waals surface area contributed by atoms with Crippen molar-refractivity contribution in [2.75, 3.05) is 24.7 Å². The summed E-state index contributed by atoms with van der Waals surface area (Å²) in [6, 6.07) is 0. The number of imidazole rings is 1. The van der Waals surface area contributed by atoms with E-state index in [1.165, 1.54) is 6.33 Å². The summed E-state index contributed by atoms with van der Waals surface area (Å²) < 4.78 is 15.2. The second-order valence-corrected chi connectivity index (χ2v) is 8.68. The zero-order chi connectivity index (χ0) is 23.5. The molecule has 2 atom stereocenters. The number of nitrogens with two attached hydrogens (primary N) is 2. The lowest BCUT2D eigenvalue weighted by Crippen LogP contribution is -2.25. The van der Waals surface area contributed by atoms with E-state index >= 15 is 0 Å². The Hall–Kier alpha value is -2.81. The number of hydrogen-bond acceptors (Lipinski definition) is 9. The highest BCUT2D eigenvalue weighted by molar-refractivity contribution is 7.71. The van der Waals surface area contributed by atoms with Crippen LogP contribution in [0.4, 0.5) is 11.5 Å². The predicted molar refractivity (Wildman–Crippen MR) is 128 cm³/mol. The van der Waals surface area contributed by atoms with E-state index in [0.29, 0.717) is 29.0 Å². The second kappa shape index (κ2) is 9.99. The molecule has 2 aliphatic heterocycles. The number of rotatable bonds is 4. The van der Waals surface area contributed by atoms with Gasteiger partial charge in [-0.25, -0.2) is 4.98 Å². The first-order valence-corrected chi connectivity index (χ1v) is 11.4. The van der Waals surface area contributed by atoms with Crippen molar-refractivity contribution in [1.29, 1.82) is 0 Å². The summed E-state index contributed by atoms with van der Waals surface area (Å²) in [5.74, 6) is 0.212. The van der Waals surface area contributed by atoms with Crippen molar-refractivity contribution < 1.29 is 9.47 Å². The fourth-order valence-electron chi connectivity index (χ4n) is 3.92. The average Bonchev–Trinajstić information content (AvgIpc) is 3.55. The lowest BCUT2D eigenvalue weighted by molar-refractivity contribution is 0.0968. The standard InChI is InChI=1S/C10H12N4O2S.C9H14N4O2S/c15-9-7-8(12-5-11-7)14(10(17)13-9)4-6-2-1-3-16-6;10-6-7(11)13(9(16)12-8(6)14)4-5-2-1-3-15-5/h5-6H,1-4H2,(H,11,12)(H,13,15,17);5H,1-4,10-11H2,(H,12,14,16). The van der Waals surface area contributed by atoms with E-state index in [9.17, 15) is 9.59 Å². The first-order chi connectivity index (χ1) is 15.8. The third-order valence-corrected chi connectivity index (χ3v) is 6.31. The maximum absolute atomic E-state index is 11.6. The molecule has 2 unspecified atom stereocenters. The Kier molecular flexibility index (Phi) is 7.07. The summed E-state index contributed by atoms with van der Waals surface area (Å²) in [7, 11) is 0. The predicted octanol–water partition coefficient (Wildman–Crippen LogP) is 1.21. The van der Waals surface area contributed by atoms with Gasteiger partial charge < -0.3 is 30.5 Å². The molecule has 7 N–H and O–H groups in total. The number of aromatic nitrogens is 6. The Balaban J connectivity index is 0.000000157. The number of aromatic amines is 3. The van der Waals surface area contributed by atoms with Crippen LogP contribution < -0.4 is 22.6 Å². The minimum atomic E-state index is -0.439. The van der Waals surface area contributed by atoms with E-state index in [-0.39, 0.29) is 34.0 Å². The largest absolute Gasteiger partial charge is 0.391 e. The third-order valence-electron chi connectivity index (χ3n) is 5.67. The van der Waals surface area contributed by atoms with E-state index in [4.69, 9.17) is 45.4 Å². The highest BCUT2D eigenvalue weighted by atomic mass is 32.1. The number of anilines is 2. The van der Waals surface area contributed by atoms with E-state index in [1.807, 2.05) is 4.57 Å². The molecule has 5 heterocycles. The van der Waals surface area contributed by atoms with Crippen LogP contribution in [0.3, 0.4) is 0 Å². The molecule has 12 nitrogen and oxygen atoms in total. The average molecular weight is 495 g/mol. The van der Waals surface area contributed by atoms with Gasteiger partial charge in [-0.05, 0) is 50.1 Å². The quantitative estimate of drug-likeness (QED) is 0.334. The molecule has 0 spiro atoms. The number of ether oxygens (including phenoxy) is 2. The summed E-state index contributed by atoms with van der Waals surface area (Å²) in [6.07, 6.45) is 5.86. The first kappa shape index (κ1) is 23.4. The molecule has 2 saturated heterocycles. The molecule has 0 aromatic carbocycles. The first-order valence-electron chi connectivity index (χ1n) is 10.6. The highest BCUT2D eigenvalue weighted by Gasteiger charge is 2.19. The summed E-state index contributed by atoms with van der Waals surface area (Å²) in [4.78, 5) is 35.0. The van der Waals surface area contributed by atoms with Crippen LogP contribution in [0.2, 0.25) is 0 Å². The van der Waals surface area contributed by atoms with Crippen molar-refractivity contribution in [3.8, 4) is 0 Å². The zero-order valence-electron chi connectivity index (χ0n) is 17.8. The number of nitrogen functional groups attached to an aromatic ring is 2. The molecule has 2 aliphatic rings. The molecule has 3 aromatic heterocycles. The molecular formula is C19H26N8O4S2. The van der Waals surface area contributed by atoms with Gasteiger partial charge in [-0.2, -0.15) is 0 Å². The molecule has 0 amide bonds. The van der Waals surface area contributed by atoms with Gasteiger partial charge in [-0.1, -0.05) is 0 Å². The van der Waals surface area contributed by atoms with Crippen molar-refractivity contribution in [3.05, 3.63) is 36.6 Å². The van der Waals surface area contributed by atoms with Gasteiger partial charge in [0.05, 0.1) is 31.6 Å². The molecule has 3 aromatic rings. The Morgan fingerprint density at radius 2 is 1.55 bits per heavy atom. The lowest BCUT2D eigenvalue weighted by atomic mass is 10.2. The van der Waals surface area contributed by atoms with Crippen LogP contribution in [0.5, 0.6) is 0 Å². The van der Waals surface area contributed by atoms with E-state index in [2.05, 4.69) is 19.9 Å². The second-order valence-electron chi connectivity index (χ2n) is 7.91. The van der Waals surface area contributed by atoms with Crippen molar-refractivity contribution in [3.63, 3.8) is 0 Å². The number of hydrogen-bond donors (Lipinski definition) is 5. The molecule has 0 saturated carbocycles. The van der Waals surface area contributed by atoms with Crippen LogP contribution in [-0.4, -0.2) is 54.5 Å². The maximum Gasteiger partial charge on any atom is 0.277 e. The van der Waals surface area contributed by atoms with Gasteiger partial charge in [0, 0.05) is 13.2 Å². The van der Waals surface area contributed by atoms with Gasteiger partial charge in [0.1, 0.15) is 17.0 Å². The SMILES string of the molecule is Nc1c(N)n(CC2CCCO2)c(=S)[nH]c1=O.O=c1[nH]c(=S)n(CC2CCCO2)c2nc[nH]c12. The third kappa shape index (κ3) is 5.08.